The summed E-state index contributed by atoms with van der Waals surface area (Å²) in [6.07, 6.45) is 2.27. The minimum Gasteiger partial charge on any atom is -0.126 e. The summed E-state index contributed by atoms with van der Waals surface area (Å²) in [5.41, 5.74) is 2.82. The van der Waals surface area contributed by atoms with Gasteiger partial charge in [-0.1, -0.05) is 51.5 Å². The summed E-state index contributed by atoms with van der Waals surface area (Å²) in [6.45, 7) is 6.65. The van der Waals surface area contributed by atoms with Crippen molar-refractivity contribution < 1.29 is 0 Å². The van der Waals surface area contributed by atoms with Gasteiger partial charge in [-0.15, -0.1) is 11.6 Å². The van der Waals surface area contributed by atoms with Gasteiger partial charge in [0.05, 0.1) is 0 Å². The van der Waals surface area contributed by atoms with Gasteiger partial charge < -0.3 is 0 Å². The third-order valence-corrected chi connectivity index (χ3v) is 3.40. The molecule has 1 unspecified atom stereocenters. The molecule has 1 aromatic carbocycles. The Kier molecular flexibility index (Phi) is 5.17. The van der Waals surface area contributed by atoms with Crippen LogP contribution in [-0.4, -0.2) is 5.88 Å². The monoisotopic (exact) mass is 224 g/mol. The van der Waals surface area contributed by atoms with Crippen molar-refractivity contribution in [2.24, 2.45) is 5.92 Å². The van der Waals surface area contributed by atoms with Gasteiger partial charge in [-0.3, -0.25) is 0 Å². The van der Waals surface area contributed by atoms with E-state index >= 15 is 0 Å². The smallest absolute Gasteiger partial charge is 0.0254 e. The second kappa shape index (κ2) is 6.17. The normalized spacial score (nSPS) is 13.1. The van der Waals surface area contributed by atoms with Crippen LogP contribution in [0.15, 0.2) is 24.3 Å². The highest BCUT2D eigenvalue weighted by Crippen LogP contribution is 2.18. The molecule has 0 N–H and O–H groups in total. The van der Waals surface area contributed by atoms with Crippen LogP contribution in [-0.2, 0) is 6.42 Å². The molecule has 0 radical (unpaired) electrons. The number of hydrogen-bond acceptors (Lipinski definition) is 0. The Morgan fingerprint density at radius 2 is 1.73 bits per heavy atom. The number of alkyl halides is 1. The fourth-order valence-corrected chi connectivity index (χ4v) is 2.01. The third kappa shape index (κ3) is 3.87. The molecule has 84 valence electrons. The first kappa shape index (κ1) is 12.6. The van der Waals surface area contributed by atoms with Gasteiger partial charge in [0.25, 0.3) is 0 Å². The molecule has 1 atom stereocenters. The lowest BCUT2D eigenvalue weighted by Crippen LogP contribution is -2.04. The Bertz CT molecular complexity index is 270. The van der Waals surface area contributed by atoms with E-state index in [1.807, 2.05) is 0 Å². The number of benzene rings is 1. The van der Waals surface area contributed by atoms with E-state index < -0.39 is 0 Å². The van der Waals surface area contributed by atoms with Crippen LogP contribution in [0.5, 0.6) is 0 Å². The summed E-state index contributed by atoms with van der Waals surface area (Å²) in [5, 5.41) is 0. The minimum absolute atomic E-state index is 0.619. The summed E-state index contributed by atoms with van der Waals surface area (Å²) < 4.78 is 0. The Labute approximate surface area is 98.7 Å². The molecule has 1 aromatic rings. The standard InChI is InChI=1S/C14H21Cl/c1-4-12(10-15)9-13-5-7-14(8-6-13)11(2)3/h5-8,11-12H,4,9-10H2,1-3H3. The first-order chi connectivity index (χ1) is 7.17. The minimum atomic E-state index is 0.619. The molecule has 0 amide bonds. The van der Waals surface area contributed by atoms with Gasteiger partial charge in [0.15, 0.2) is 0 Å². The van der Waals surface area contributed by atoms with Gasteiger partial charge in [-0.05, 0) is 29.4 Å². The van der Waals surface area contributed by atoms with Crippen LogP contribution in [0, 0.1) is 5.92 Å². The molecule has 0 aliphatic heterocycles. The summed E-state index contributed by atoms with van der Waals surface area (Å²) in [5.74, 6) is 2.01. The fourth-order valence-electron chi connectivity index (χ4n) is 1.68. The second-order valence-electron chi connectivity index (χ2n) is 4.53. The van der Waals surface area contributed by atoms with E-state index in [0.29, 0.717) is 11.8 Å². The first-order valence-electron chi connectivity index (χ1n) is 5.82. The molecule has 0 heterocycles. The van der Waals surface area contributed by atoms with Gasteiger partial charge in [-0.2, -0.15) is 0 Å². The largest absolute Gasteiger partial charge is 0.126 e. The van der Waals surface area contributed by atoms with Crippen LogP contribution in [0.2, 0.25) is 0 Å². The van der Waals surface area contributed by atoms with Crippen LogP contribution >= 0.6 is 11.6 Å². The zero-order valence-electron chi connectivity index (χ0n) is 9.96. The lowest BCUT2D eigenvalue weighted by Gasteiger charge is -2.12. The molecule has 0 saturated heterocycles. The van der Waals surface area contributed by atoms with Crippen molar-refractivity contribution in [1.82, 2.24) is 0 Å². The Morgan fingerprint density at radius 1 is 1.13 bits per heavy atom. The van der Waals surface area contributed by atoms with E-state index in [2.05, 4.69) is 45.0 Å². The highest BCUT2D eigenvalue weighted by Gasteiger charge is 2.06. The van der Waals surface area contributed by atoms with Crippen LogP contribution in [0.3, 0.4) is 0 Å². The molecule has 1 rings (SSSR count). The van der Waals surface area contributed by atoms with Gasteiger partial charge in [0.2, 0.25) is 0 Å². The van der Waals surface area contributed by atoms with Crippen molar-refractivity contribution in [2.45, 2.75) is 39.5 Å². The highest BCUT2D eigenvalue weighted by atomic mass is 35.5. The average molecular weight is 225 g/mol. The van der Waals surface area contributed by atoms with Crippen molar-refractivity contribution in [3.05, 3.63) is 35.4 Å². The van der Waals surface area contributed by atoms with Crippen LogP contribution in [0.1, 0.15) is 44.2 Å². The van der Waals surface area contributed by atoms with E-state index in [9.17, 15) is 0 Å². The van der Waals surface area contributed by atoms with E-state index in [1.54, 1.807) is 0 Å². The van der Waals surface area contributed by atoms with Gasteiger partial charge in [-0.25, -0.2) is 0 Å². The number of hydrogen-bond donors (Lipinski definition) is 0. The molecule has 0 bridgehead atoms. The van der Waals surface area contributed by atoms with E-state index in [-0.39, 0.29) is 0 Å². The van der Waals surface area contributed by atoms with Crippen molar-refractivity contribution in [3.63, 3.8) is 0 Å². The maximum atomic E-state index is 5.90. The molecule has 0 aliphatic rings. The zero-order chi connectivity index (χ0) is 11.3. The Balaban J connectivity index is 2.63. The maximum absolute atomic E-state index is 5.90. The summed E-state index contributed by atoms with van der Waals surface area (Å²) in [7, 11) is 0. The molecule has 0 aromatic heterocycles. The van der Waals surface area contributed by atoms with Gasteiger partial charge >= 0.3 is 0 Å². The molecular weight excluding hydrogens is 204 g/mol. The summed E-state index contributed by atoms with van der Waals surface area (Å²) in [6, 6.07) is 8.96. The van der Waals surface area contributed by atoms with E-state index in [0.717, 1.165) is 18.7 Å². The summed E-state index contributed by atoms with van der Waals surface area (Å²) >= 11 is 5.90. The fraction of sp³-hybridized carbons (Fsp3) is 0.571. The van der Waals surface area contributed by atoms with Crippen molar-refractivity contribution in [3.8, 4) is 0 Å². The number of rotatable bonds is 5. The van der Waals surface area contributed by atoms with Crippen molar-refractivity contribution in [2.75, 3.05) is 5.88 Å². The molecule has 1 heteroatoms. The SMILES string of the molecule is CCC(CCl)Cc1ccc(C(C)C)cc1. The van der Waals surface area contributed by atoms with Gasteiger partial charge in [0.1, 0.15) is 0 Å². The topological polar surface area (TPSA) is 0 Å². The lowest BCUT2D eigenvalue weighted by atomic mass is 9.96. The van der Waals surface area contributed by atoms with Gasteiger partial charge in [0, 0.05) is 5.88 Å². The van der Waals surface area contributed by atoms with Crippen molar-refractivity contribution >= 4 is 11.6 Å². The third-order valence-electron chi connectivity index (χ3n) is 2.97. The second-order valence-corrected chi connectivity index (χ2v) is 4.84. The average Bonchev–Trinajstić information content (AvgIpc) is 2.26. The molecule has 0 fully saturated rings. The highest BCUT2D eigenvalue weighted by molar-refractivity contribution is 6.18. The number of halogens is 1. The molecule has 15 heavy (non-hydrogen) atoms. The van der Waals surface area contributed by atoms with Crippen LogP contribution in [0.4, 0.5) is 0 Å². The Hall–Kier alpha value is -0.490. The van der Waals surface area contributed by atoms with E-state index in [4.69, 9.17) is 11.6 Å². The quantitative estimate of drug-likeness (QED) is 0.641. The predicted molar refractivity (Wildman–Crippen MR) is 68.7 cm³/mol. The molecule has 0 spiro atoms. The maximum Gasteiger partial charge on any atom is 0.0254 e. The molecule has 0 nitrogen and oxygen atoms in total. The zero-order valence-corrected chi connectivity index (χ0v) is 10.7. The molecule has 0 saturated carbocycles. The predicted octanol–water partition coefficient (Wildman–Crippen LogP) is 4.62. The van der Waals surface area contributed by atoms with Crippen LogP contribution < -0.4 is 0 Å². The molecular formula is C14H21Cl. The molecule has 0 aliphatic carbocycles. The summed E-state index contributed by atoms with van der Waals surface area (Å²) in [4.78, 5) is 0. The van der Waals surface area contributed by atoms with Crippen molar-refractivity contribution in [1.29, 1.82) is 0 Å². The Morgan fingerprint density at radius 3 is 2.13 bits per heavy atom. The first-order valence-corrected chi connectivity index (χ1v) is 6.35. The van der Waals surface area contributed by atoms with E-state index in [1.165, 1.54) is 11.1 Å². The lowest BCUT2D eigenvalue weighted by molar-refractivity contribution is 0.566. The van der Waals surface area contributed by atoms with Crippen LogP contribution in [0.25, 0.3) is 0 Å².